The number of carbonyl (C=O) groups excluding carboxylic acids is 2. The molecule has 10 heteroatoms. The van der Waals surface area contributed by atoms with Crippen molar-refractivity contribution < 1.29 is 22.7 Å². The van der Waals surface area contributed by atoms with E-state index in [9.17, 15) is 18.0 Å². The van der Waals surface area contributed by atoms with Crippen LogP contribution in [-0.4, -0.2) is 51.4 Å². The molecule has 1 atom stereocenters. The number of nitrogens with one attached hydrogen (secondary N) is 1. The topological polar surface area (TPSA) is 96.0 Å². The summed E-state index contributed by atoms with van der Waals surface area (Å²) in [5.41, 5.74) is 2.82. The molecule has 0 aliphatic heterocycles. The summed E-state index contributed by atoms with van der Waals surface area (Å²) in [5, 5.41) is 3.27. The fraction of sp³-hybridized carbons (Fsp3) is 0.278. The summed E-state index contributed by atoms with van der Waals surface area (Å²) >= 11 is 6.35. The van der Waals surface area contributed by atoms with Gasteiger partial charge in [-0.3, -0.25) is 13.9 Å². The molecule has 0 fully saturated rings. The molecule has 4 aromatic carbocycles. The maximum Gasteiger partial charge on any atom is 0.264 e. The molecular formula is C36H40ClN3O5S. The lowest BCUT2D eigenvalue weighted by Crippen LogP contribution is -2.53. The van der Waals surface area contributed by atoms with E-state index in [4.69, 9.17) is 16.3 Å². The number of nitrogens with zero attached hydrogens (tertiary/aromatic N) is 2. The molecule has 0 aromatic heterocycles. The highest BCUT2D eigenvalue weighted by molar-refractivity contribution is 7.92. The standard InChI is InChI=1S/C36H40ClN3O5S/c1-4-5-22-38-36(42)33(23-28-12-8-6-9-13-28)39(25-29-18-16-27(2)17-19-29)35(41)26-40(32-24-30(37)20-21-34(32)45-3)46(43,44)31-14-10-7-11-15-31/h6-21,24,33H,4-5,22-23,25-26H2,1-3H3,(H,38,42)/t33-/m0/s1. The predicted octanol–water partition coefficient (Wildman–Crippen LogP) is 6.41. The van der Waals surface area contributed by atoms with Crippen molar-refractivity contribution in [1.29, 1.82) is 0 Å². The van der Waals surface area contributed by atoms with Gasteiger partial charge in [-0.05, 0) is 54.8 Å². The van der Waals surface area contributed by atoms with Crippen molar-refractivity contribution in [2.24, 2.45) is 0 Å². The molecule has 2 amide bonds. The Labute approximate surface area is 277 Å². The smallest absolute Gasteiger partial charge is 0.264 e. The quantitative estimate of drug-likeness (QED) is 0.149. The molecular weight excluding hydrogens is 622 g/mol. The number of hydrogen-bond donors (Lipinski definition) is 1. The van der Waals surface area contributed by atoms with E-state index in [-0.39, 0.29) is 40.2 Å². The summed E-state index contributed by atoms with van der Waals surface area (Å²) < 4.78 is 35.0. The lowest BCUT2D eigenvalue weighted by atomic mass is 10.0. The molecule has 0 radical (unpaired) electrons. The van der Waals surface area contributed by atoms with E-state index in [1.54, 1.807) is 30.3 Å². The number of methoxy groups -OCH3 is 1. The summed E-state index contributed by atoms with van der Waals surface area (Å²) in [7, 11) is -2.87. The first-order chi connectivity index (χ1) is 22.1. The second-order valence-electron chi connectivity index (χ2n) is 11.0. The second kappa shape index (κ2) is 16.3. The number of carbonyl (C=O) groups is 2. The van der Waals surface area contributed by atoms with Crippen LogP contribution in [0.4, 0.5) is 5.69 Å². The van der Waals surface area contributed by atoms with Crippen LogP contribution in [0.1, 0.15) is 36.5 Å². The minimum absolute atomic E-state index is 0.00643. The number of amides is 2. The van der Waals surface area contributed by atoms with Gasteiger partial charge in [0.2, 0.25) is 11.8 Å². The van der Waals surface area contributed by atoms with Gasteiger partial charge in [-0.25, -0.2) is 8.42 Å². The lowest BCUT2D eigenvalue weighted by molar-refractivity contribution is -0.140. The first-order valence-corrected chi connectivity index (χ1v) is 17.0. The Morgan fingerprint density at radius 3 is 2.17 bits per heavy atom. The number of benzene rings is 4. The average molecular weight is 662 g/mol. The van der Waals surface area contributed by atoms with Crippen LogP contribution < -0.4 is 14.4 Å². The Kier molecular flexibility index (Phi) is 12.2. The molecule has 0 aliphatic carbocycles. The molecule has 242 valence electrons. The van der Waals surface area contributed by atoms with Gasteiger partial charge in [0.1, 0.15) is 18.3 Å². The summed E-state index contributed by atoms with van der Waals surface area (Å²) in [4.78, 5) is 29.9. The van der Waals surface area contributed by atoms with Crippen molar-refractivity contribution in [2.75, 3.05) is 24.5 Å². The molecule has 0 aliphatic rings. The van der Waals surface area contributed by atoms with Gasteiger partial charge in [0.05, 0.1) is 17.7 Å². The highest BCUT2D eigenvalue weighted by atomic mass is 35.5. The lowest BCUT2D eigenvalue weighted by Gasteiger charge is -2.34. The maximum atomic E-state index is 14.6. The molecule has 0 unspecified atom stereocenters. The third kappa shape index (κ3) is 8.89. The largest absolute Gasteiger partial charge is 0.495 e. The fourth-order valence-electron chi connectivity index (χ4n) is 5.04. The van der Waals surface area contributed by atoms with Gasteiger partial charge < -0.3 is 15.0 Å². The van der Waals surface area contributed by atoms with Crippen molar-refractivity contribution in [3.8, 4) is 5.75 Å². The van der Waals surface area contributed by atoms with E-state index in [0.717, 1.165) is 33.8 Å². The first kappa shape index (κ1) is 34.5. The van der Waals surface area contributed by atoms with Crippen molar-refractivity contribution in [3.63, 3.8) is 0 Å². The van der Waals surface area contributed by atoms with Gasteiger partial charge in [0, 0.05) is 24.5 Å². The number of rotatable bonds is 15. The molecule has 0 heterocycles. The number of anilines is 1. The zero-order valence-electron chi connectivity index (χ0n) is 26.4. The molecule has 4 aromatic rings. The highest BCUT2D eigenvalue weighted by Crippen LogP contribution is 2.35. The van der Waals surface area contributed by atoms with Gasteiger partial charge in [-0.15, -0.1) is 0 Å². The molecule has 1 N–H and O–H groups in total. The summed E-state index contributed by atoms with van der Waals surface area (Å²) in [6.45, 7) is 3.95. The van der Waals surface area contributed by atoms with E-state index in [0.29, 0.717) is 6.54 Å². The van der Waals surface area contributed by atoms with Gasteiger partial charge >= 0.3 is 0 Å². The number of ether oxygens (including phenoxy) is 1. The third-order valence-corrected chi connectivity index (χ3v) is 9.60. The SMILES string of the molecule is CCCCNC(=O)[C@H](Cc1ccccc1)N(Cc1ccc(C)cc1)C(=O)CN(c1cc(Cl)ccc1OC)S(=O)(=O)c1ccccc1. The van der Waals surface area contributed by atoms with Crippen LogP contribution in [0.15, 0.2) is 108 Å². The van der Waals surface area contributed by atoms with E-state index in [1.165, 1.54) is 30.2 Å². The van der Waals surface area contributed by atoms with Crippen molar-refractivity contribution in [3.05, 3.63) is 125 Å². The number of hydrogen-bond acceptors (Lipinski definition) is 5. The zero-order chi connectivity index (χ0) is 33.1. The summed E-state index contributed by atoms with van der Waals surface area (Å²) in [6.07, 6.45) is 1.92. The third-order valence-electron chi connectivity index (χ3n) is 7.59. The molecule has 0 saturated heterocycles. The van der Waals surface area contributed by atoms with Crippen LogP contribution in [0.3, 0.4) is 0 Å². The number of unbranched alkanes of at least 4 members (excludes halogenated alkanes) is 1. The Balaban J connectivity index is 1.82. The first-order valence-electron chi connectivity index (χ1n) is 15.2. The Morgan fingerprint density at radius 2 is 1.54 bits per heavy atom. The van der Waals surface area contributed by atoms with Crippen LogP contribution in [-0.2, 0) is 32.6 Å². The second-order valence-corrected chi connectivity index (χ2v) is 13.3. The monoisotopic (exact) mass is 661 g/mol. The summed E-state index contributed by atoms with van der Waals surface area (Å²) in [6, 6.07) is 28.7. The average Bonchev–Trinajstić information content (AvgIpc) is 3.06. The highest BCUT2D eigenvalue weighted by Gasteiger charge is 2.35. The van der Waals surface area contributed by atoms with Crippen LogP contribution in [0.25, 0.3) is 0 Å². The normalized spacial score (nSPS) is 11.8. The predicted molar refractivity (Wildman–Crippen MR) is 183 cm³/mol. The molecule has 0 bridgehead atoms. The number of aryl methyl sites for hydroxylation is 1. The van der Waals surface area contributed by atoms with E-state index >= 15 is 0 Å². The minimum atomic E-state index is -4.29. The minimum Gasteiger partial charge on any atom is -0.495 e. The van der Waals surface area contributed by atoms with E-state index < -0.39 is 28.5 Å². The Bertz CT molecular complexity index is 1700. The van der Waals surface area contributed by atoms with Gasteiger partial charge in [0.15, 0.2) is 0 Å². The van der Waals surface area contributed by atoms with Crippen molar-refractivity contribution in [2.45, 2.75) is 50.6 Å². The molecule has 0 spiro atoms. The van der Waals surface area contributed by atoms with Crippen LogP contribution in [0.5, 0.6) is 5.75 Å². The van der Waals surface area contributed by atoms with E-state index in [1.807, 2.05) is 68.4 Å². The Morgan fingerprint density at radius 1 is 0.891 bits per heavy atom. The number of halogens is 1. The summed E-state index contributed by atoms with van der Waals surface area (Å²) in [5.74, 6) is -0.649. The van der Waals surface area contributed by atoms with Gasteiger partial charge in [-0.1, -0.05) is 103 Å². The van der Waals surface area contributed by atoms with Gasteiger partial charge in [-0.2, -0.15) is 0 Å². The molecule has 0 saturated carbocycles. The molecule has 46 heavy (non-hydrogen) atoms. The molecule has 8 nitrogen and oxygen atoms in total. The van der Waals surface area contributed by atoms with Crippen LogP contribution in [0, 0.1) is 6.92 Å². The molecule has 4 rings (SSSR count). The van der Waals surface area contributed by atoms with E-state index in [2.05, 4.69) is 5.32 Å². The zero-order valence-corrected chi connectivity index (χ0v) is 27.9. The van der Waals surface area contributed by atoms with Crippen molar-refractivity contribution >= 4 is 39.1 Å². The number of sulfonamides is 1. The fourth-order valence-corrected chi connectivity index (χ4v) is 6.65. The van der Waals surface area contributed by atoms with Crippen LogP contribution in [0.2, 0.25) is 5.02 Å². The van der Waals surface area contributed by atoms with Crippen molar-refractivity contribution in [1.82, 2.24) is 10.2 Å². The maximum absolute atomic E-state index is 14.6. The van der Waals surface area contributed by atoms with Gasteiger partial charge in [0.25, 0.3) is 10.0 Å². The Hall–Kier alpha value is -4.34. The van der Waals surface area contributed by atoms with Crippen LogP contribution >= 0.6 is 11.6 Å².